The molecule has 6 heteroatoms. The molecule has 1 aliphatic heterocycles. The molecular formula is C14H19F3N2O. The standard InChI is InChI=1S/C14H19F3N2O/c1-2-18-8-10-3-4-13(12(7-10)14(15,16)17)19-6-5-11(20)9-19/h3-4,7,11,18,20H,2,5-6,8-9H2,1H3. The molecule has 1 atom stereocenters. The van der Waals surface area contributed by atoms with Gasteiger partial charge in [-0.15, -0.1) is 0 Å². The minimum atomic E-state index is -4.38. The van der Waals surface area contributed by atoms with Gasteiger partial charge in [-0.2, -0.15) is 13.2 Å². The highest BCUT2D eigenvalue weighted by Gasteiger charge is 2.36. The second-order valence-electron chi connectivity index (χ2n) is 5.02. The number of rotatable bonds is 4. The fourth-order valence-electron chi connectivity index (χ4n) is 2.43. The van der Waals surface area contributed by atoms with Gasteiger partial charge in [0, 0.05) is 25.3 Å². The van der Waals surface area contributed by atoms with Crippen LogP contribution in [-0.4, -0.2) is 30.8 Å². The summed E-state index contributed by atoms with van der Waals surface area (Å²) >= 11 is 0. The summed E-state index contributed by atoms with van der Waals surface area (Å²) in [5.74, 6) is 0. The lowest BCUT2D eigenvalue weighted by molar-refractivity contribution is -0.137. The molecule has 0 aromatic heterocycles. The maximum Gasteiger partial charge on any atom is 0.418 e. The third kappa shape index (κ3) is 3.43. The number of aliphatic hydroxyl groups is 1. The van der Waals surface area contributed by atoms with Crippen LogP contribution in [0.5, 0.6) is 0 Å². The van der Waals surface area contributed by atoms with E-state index in [0.717, 1.165) is 0 Å². The third-order valence-electron chi connectivity index (χ3n) is 3.45. The van der Waals surface area contributed by atoms with Crippen LogP contribution in [0.3, 0.4) is 0 Å². The molecule has 0 aliphatic carbocycles. The van der Waals surface area contributed by atoms with Crippen LogP contribution in [0.4, 0.5) is 18.9 Å². The zero-order chi connectivity index (χ0) is 14.8. The molecule has 1 aromatic carbocycles. The Balaban J connectivity index is 2.31. The maximum atomic E-state index is 13.2. The number of anilines is 1. The number of nitrogens with one attached hydrogen (secondary N) is 1. The van der Waals surface area contributed by atoms with Crippen LogP contribution in [0.15, 0.2) is 18.2 Å². The van der Waals surface area contributed by atoms with E-state index in [0.29, 0.717) is 31.6 Å². The van der Waals surface area contributed by atoms with Gasteiger partial charge in [-0.3, -0.25) is 0 Å². The molecule has 0 bridgehead atoms. The summed E-state index contributed by atoms with van der Waals surface area (Å²) in [7, 11) is 0. The van der Waals surface area contributed by atoms with Crippen LogP contribution in [0.25, 0.3) is 0 Å². The van der Waals surface area contributed by atoms with E-state index in [1.165, 1.54) is 12.1 Å². The molecule has 0 amide bonds. The van der Waals surface area contributed by atoms with Gasteiger partial charge < -0.3 is 15.3 Å². The molecule has 1 unspecified atom stereocenters. The van der Waals surface area contributed by atoms with Crippen molar-refractivity contribution in [3.63, 3.8) is 0 Å². The molecule has 1 heterocycles. The third-order valence-corrected chi connectivity index (χ3v) is 3.45. The van der Waals surface area contributed by atoms with Gasteiger partial charge in [0.2, 0.25) is 0 Å². The van der Waals surface area contributed by atoms with E-state index in [9.17, 15) is 18.3 Å². The first-order valence-corrected chi connectivity index (χ1v) is 6.75. The Morgan fingerprint density at radius 2 is 2.15 bits per heavy atom. The van der Waals surface area contributed by atoms with Crippen LogP contribution in [-0.2, 0) is 12.7 Å². The molecule has 2 N–H and O–H groups in total. The fourth-order valence-corrected chi connectivity index (χ4v) is 2.43. The van der Waals surface area contributed by atoms with Crippen molar-refractivity contribution in [3.8, 4) is 0 Å². The number of hydrogen-bond donors (Lipinski definition) is 2. The van der Waals surface area contributed by atoms with Crippen molar-refractivity contribution >= 4 is 5.69 Å². The first kappa shape index (κ1) is 15.1. The van der Waals surface area contributed by atoms with E-state index >= 15 is 0 Å². The number of hydrogen-bond acceptors (Lipinski definition) is 3. The summed E-state index contributed by atoms with van der Waals surface area (Å²) in [4.78, 5) is 1.60. The van der Waals surface area contributed by atoms with Crippen LogP contribution < -0.4 is 10.2 Å². The fraction of sp³-hybridized carbons (Fsp3) is 0.571. The van der Waals surface area contributed by atoms with Gasteiger partial charge in [-0.05, 0) is 30.7 Å². The smallest absolute Gasteiger partial charge is 0.391 e. The number of halogens is 3. The molecule has 20 heavy (non-hydrogen) atoms. The number of aliphatic hydroxyl groups excluding tert-OH is 1. The first-order valence-electron chi connectivity index (χ1n) is 6.75. The predicted octanol–water partition coefficient (Wildman–Crippen LogP) is 2.39. The summed E-state index contributed by atoms with van der Waals surface area (Å²) in [5.41, 5.74) is 0.152. The normalized spacial score (nSPS) is 19.6. The van der Waals surface area contributed by atoms with Gasteiger partial charge in [-0.1, -0.05) is 13.0 Å². The monoisotopic (exact) mass is 288 g/mol. The van der Waals surface area contributed by atoms with Crippen molar-refractivity contribution < 1.29 is 18.3 Å². The molecule has 1 saturated heterocycles. The van der Waals surface area contributed by atoms with Crippen LogP contribution in [0, 0.1) is 0 Å². The van der Waals surface area contributed by atoms with E-state index in [2.05, 4.69) is 5.32 Å². The van der Waals surface area contributed by atoms with Crippen molar-refractivity contribution in [1.29, 1.82) is 0 Å². The lowest BCUT2D eigenvalue weighted by atomic mass is 10.1. The summed E-state index contributed by atoms with van der Waals surface area (Å²) in [6.45, 7) is 3.75. The minimum Gasteiger partial charge on any atom is -0.391 e. The molecule has 1 aliphatic rings. The van der Waals surface area contributed by atoms with Gasteiger partial charge in [0.15, 0.2) is 0 Å². The summed E-state index contributed by atoms with van der Waals surface area (Å²) in [6, 6.07) is 4.41. The molecule has 1 aromatic rings. The molecule has 0 radical (unpaired) electrons. The van der Waals surface area contributed by atoms with Crippen molar-refractivity contribution in [2.24, 2.45) is 0 Å². The van der Waals surface area contributed by atoms with Crippen LogP contribution in [0.2, 0.25) is 0 Å². The predicted molar refractivity (Wildman–Crippen MR) is 71.7 cm³/mol. The number of β-amino-alcohol motifs (C(OH)–C–C–N with tert-alkyl or cyclic N) is 1. The van der Waals surface area contributed by atoms with Gasteiger partial charge in [0.25, 0.3) is 0 Å². The maximum absolute atomic E-state index is 13.2. The number of alkyl halides is 3. The average molecular weight is 288 g/mol. The molecule has 0 saturated carbocycles. The van der Waals surface area contributed by atoms with Crippen LogP contribution >= 0.6 is 0 Å². The Morgan fingerprint density at radius 3 is 2.70 bits per heavy atom. The zero-order valence-corrected chi connectivity index (χ0v) is 11.4. The molecule has 1 fully saturated rings. The number of benzene rings is 1. The second-order valence-corrected chi connectivity index (χ2v) is 5.02. The summed E-state index contributed by atoms with van der Waals surface area (Å²) in [5, 5.41) is 12.5. The molecule has 0 spiro atoms. The Hall–Kier alpha value is -1.27. The molecule has 2 rings (SSSR count). The van der Waals surface area contributed by atoms with E-state index in [-0.39, 0.29) is 12.2 Å². The minimum absolute atomic E-state index is 0.161. The van der Waals surface area contributed by atoms with E-state index in [1.54, 1.807) is 11.0 Å². The number of nitrogens with zero attached hydrogens (tertiary/aromatic N) is 1. The van der Waals surface area contributed by atoms with Gasteiger partial charge in [0.1, 0.15) is 0 Å². The Labute approximate surface area is 116 Å². The van der Waals surface area contributed by atoms with Crippen LogP contribution in [0.1, 0.15) is 24.5 Å². The van der Waals surface area contributed by atoms with Gasteiger partial charge in [-0.25, -0.2) is 0 Å². The van der Waals surface area contributed by atoms with Crippen molar-refractivity contribution in [3.05, 3.63) is 29.3 Å². The summed E-state index contributed by atoms with van der Waals surface area (Å²) in [6.07, 6.45) is -4.42. The highest BCUT2D eigenvalue weighted by atomic mass is 19.4. The van der Waals surface area contributed by atoms with Crippen molar-refractivity contribution in [2.75, 3.05) is 24.5 Å². The molecule has 112 valence electrons. The first-order chi connectivity index (χ1) is 9.41. The summed E-state index contributed by atoms with van der Waals surface area (Å²) < 4.78 is 39.6. The van der Waals surface area contributed by atoms with Gasteiger partial charge in [0.05, 0.1) is 11.7 Å². The second kappa shape index (κ2) is 6.01. The largest absolute Gasteiger partial charge is 0.418 e. The Kier molecular flexibility index (Phi) is 4.55. The SMILES string of the molecule is CCNCc1ccc(N2CCC(O)C2)c(C(F)(F)F)c1. The van der Waals surface area contributed by atoms with E-state index in [1.807, 2.05) is 6.92 Å². The molecule has 3 nitrogen and oxygen atoms in total. The quantitative estimate of drug-likeness (QED) is 0.893. The Bertz CT molecular complexity index is 462. The van der Waals surface area contributed by atoms with Gasteiger partial charge >= 0.3 is 6.18 Å². The highest BCUT2D eigenvalue weighted by molar-refractivity contribution is 5.57. The van der Waals surface area contributed by atoms with Crippen molar-refractivity contribution in [2.45, 2.75) is 32.2 Å². The Morgan fingerprint density at radius 1 is 1.40 bits per heavy atom. The topological polar surface area (TPSA) is 35.5 Å². The van der Waals surface area contributed by atoms with E-state index in [4.69, 9.17) is 0 Å². The highest BCUT2D eigenvalue weighted by Crippen LogP contribution is 2.38. The zero-order valence-electron chi connectivity index (χ0n) is 11.4. The van der Waals surface area contributed by atoms with Crippen molar-refractivity contribution in [1.82, 2.24) is 5.32 Å². The van der Waals surface area contributed by atoms with E-state index < -0.39 is 17.8 Å². The lowest BCUT2D eigenvalue weighted by Gasteiger charge is -2.23. The average Bonchev–Trinajstić information content (AvgIpc) is 2.81. The molecular weight excluding hydrogens is 269 g/mol. The lowest BCUT2D eigenvalue weighted by Crippen LogP contribution is -2.25.